The van der Waals surface area contributed by atoms with Crippen molar-refractivity contribution in [1.29, 1.82) is 0 Å². The average molecular weight is 300 g/mol. The number of allylic oxidation sites excluding steroid dienone is 4. The van der Waals surface area contributed by atoms with Gasteiger partial charge in [-0.05, 0) is 59.1 Å². The number of hydrogen-bond acceptors (Lipinski definition) is 1. The van der Waals surface area contributed by atoms with Crippen LogP contribution in [0.25, 0.3) is 16.3 Å². The van der Waals surface area contributed by atoms with Gasteiger partial charge in [0.25, 0.3) is 0 Å². The fraction of sp³-hybridized carbons (Fsp3) is 0.318. The lowest BCUT2D eigenvalue weighted by Crippen LogP contribution is -2.11. The van der Waals surface area contributed by atoms with Gasteiger partial charge in [-0.25, -0.2) is 0 Å². The molecule has 3 aliphatic carbocycles. The predicted molar refractivity (Wildman–Crippen MR) is 94.3 cm³/mol. The quantitative estimate of drug-likeness (QED) is 0.636. The van der Waals surface area contributed by atoms with Crippen molar-refractivity contribution in [2.24, 2.45) is 5.92 Å². The van der Waals surface area contributed by atoms with E-state index in [2.05, 4.69) is 49.4 Å². The molecule has 0 aliphatic heterocycles. The molecule has 0 fully saturated rings. The van der Waals surface area contributed by atoms with Crippen LogP contribution in [0.4, 0.5) is 0 Å². The molecule has 0 spiro atoms. The normalized spacial score (nSPS) is 26.0. The van der Waals surface area contributed by atoms with Gasteiger partial charge in [-0.1, -0.05) is 49.4 Å². The van der Waals surface area contributed by atoms with Gasteiger partial charge in [0.05, 0.1) is 0 Å². The van der Waals surface area contributed by atoms with Gasteiger partial charge in [-0.15, -0.1) is 0 Å². The third-order valence-corrected chi connectivity index (χ3v) is 5.91. The van der Waals surface area contributed by atoms with Crippen molar-refractivity contribution < 1.29 is 4.79 Å². The Hall–Kier alpha value is -2.15. The first-order valence-electron chi connectivity index (χ1n) is 8.75. The van der Waals surface area contributed by atoms with Crippen molar-refractivity contribution >= 4 is 22.1 Å². The molecule has 0 amide bonds. The highest BCUT2D eigenvalue weighted by molar-refractivity contribution is 6.20. The second-order valence-electron chi connectivity index (χ2n) is 7.22. The molecule has 0 heterocycles. The topological polar surface area (TPSA) is 17.1 Å². The summed E-state index contributed by atoms with van der Waals surface area (Å²) >= 11 is 0. The molecule has 1 heteroatoms. The molecule has 0 saturated heterocycles. The molecule has 0 N–H and O–H groups in total. The maximum absolute atomic E-state index is 12.9. The molecule has 0 aromatic heterocycles. The molecule has 0 unspecified atom stereocenters. The van der Waals surface area contributed by atoms with E-state index in [4.69, 9.17) is 0 Å². The van der Waals surface area contributed by atoms with Gasteiger partial charge in [0.15, 0.2) is 5.78 Å². The minimum Gasteiger partial charge on any atom is -0.289 e. The largest absolute Gasteiger partial charge is 0.289 e. The predicted octanol–water partition coefficient (Wildman–Crippen LogP) is 5.41. The molecule has 2 atom stereocenters. The van der Waals surface area contributed by atoms with Gasteiger partial charge in [0, 0.05) is 17.1 Å². The van der Waals surface area contributed by atoms with E-state index in [9.17, 15) is 4.79 Å². The first-order valence-corrected chi connectivity index (χ1v) is 8.75. The minimum atomic E-state index is 0.343. The van der Waals surface area contributed by atoms with Gasteiger partial charge in [-0.2, -0.15) is 0 Å². The van der Waals surface area contributed by atoms with Crippen molar-refractivity contribution in [2.75, 3.05) is 0 Å². The van der Waals surface area contributed by atoms with Crippen LogP contribution in [-0.4, -0.2) is 5.78 Å². The number of benzene rings is 2. The van der Waals surface area contributed by atoms with Crippen LogP contribution in [-0.2, 0) is 4.79 Å². The van der Waals surface area contributed by atoms with Crippen LogP contribution in [0.3, 0.4) is 0 Å². The van der Waals surface area contributed by atoms with Gasteiger partial charge >= 0.3 is 0 Å². The Bertz CT molecular complexity index is 913. The van der Waals surface area contributed by atoms with Crippen molar-refractivity contribution in [3.8, 4) is 0 Å². The molecule has 2 aromatic carbocycles. The maximum Gasteiger partial charge on any atom is 0.185 e. The summed E-state index contributed by atoms with van der Waals surface area (Å²) < 4.78 is 0. The molecular weight excluding hydrogens is 280 g/mol. The first kappa shape index (κ1) is 13.3. The molecule has 1 nitrogen and oxygen atoms in total. The molecule has 5 rings (SSSR count). The monoisotopic (exact) mass is 300 g/mol. The maximum atomic E-state index is 12.9. The second-order valence-corrected chi connectivity index (χ2v) is 7.22. The highest BCUT2D eigenvalue weighted by Crippen LogP contribution is 2.53. The van der Waals surface area contributed by atoms with Crippen LogP contribution >= 0.6 is 0 Å². The fourth-order valence-corrected chi connectivity index (χ4v) is 4.96. The molecule has 3 aliphatic rings. The second kappa shape index (κ2) is 4.67. The lowest BCUT2D eigenvalue weighted by atomic mass is 9.75. The van der Waals surface area contributed by atoms with Crippen LogP contribution in [0.1, 0.15) is 49.7 Å². The highest BCUT2D eigenvalue weighted by Gasteiger charge is 2.42. The Morgan fingerprint density at radius 2 is 1.96 bits per heavy atom. The van der Waals surface area contributed by atoms with Gasteiger partial charge in [0.1, 0.15) is 0 Å². The lowest BCUT2D eigenvalue weighted by molar-refractivity contribution is -0.112. The summed E-state index contributed by atoms with van der Waals surface area (Å²) in [7, 11) is 0. The number of carbonyl (C=O) groups is 1. The van der Waals surface area contributed by atoms with Crippen molar-refractivity contribution in [3.63, 3.8) is 0 Å². The zero-order valence-electron chi connectivity index (χ0n) is 13.4. The zero-order valence-corrected chi connectivity index (χ0v) is 13.4. The van der Waals surface area contributed by atoms with Gasteiger partial charge < -0.3 is 0 Å². The van der Waals surface area contributed by atoms with Crippen LogP contribution in [0.15, 0.2) is 53.6 Å². The summed E-state index contributed by atoms with van der Waals surface area (Å²) in [6.07, 6.45) is 6.52. The summed E-state index contributed by atoms with van der Waals surface area (Å²) in [4.78, 5) is 12.9. The smallest absolute Gasteiger partial charge is 0.185 e. The summed E-state index contributed by atoms with van der Waals surface area (Å²) in [5, 5.41) is 2.68. The van der Waals surface area contributed by atoms with E-state index in [1.165, 1.54) is 33.9 Å². The van der Waals surface area contributed by atoms with E-state index in [0.29, 0.717) is 17.6 Å². The molecule has 0 radical (unpaired) electrons. The Labute approximate surface area is 136 Å². The molecule has 0 saturated carbocycles. The van der Waals surface area contributed by atoms with Gasteiger partial charge in [-0.3, -0.25) is 4.79 Å². The molecule has 23 heavy (non-hydrogen) atoms. The average Bonchev–Trinajstić information content (AvgIpc) is 2.87. The van der Waals surface area contributed by atoms with E-state index in [0.717, 1.165) is 30.4 Å². The number of fused-ring (bicyclic) bond motifs is 6. The molecule has 2 aromatic rings. The summed E-state index contributed by atoms with van der Waals surface area (Å²) in [5.74, 6) is 1.12. The van der Waals surface area contributed by atoms with E-state index in [1.54, 1.807) is 0 Å². The van der Waals surface area contributed by atoms with Crippen molar-refractivity contribution in [2.45, 2.75) is 38.5 Å². The van der Waals surface area contributed by atoms with Crippen molar-refractivity contribution in [3.05, 3.63) is 64.7 Å². The van der Waals surface area contributed by atoms with E-state index < -0.39 is 0 Å². The summed E-state index contributed by atoms with van der Waals surface area (Å²) in [5.41, 5.74) is 6.37. The third-order valence-electron chi connectivity index (χ3n) is 5.91. The summed E-state index contributed by atoms with van der Waals surface area (Å²) in [6.45, 7) is 2.28. The fourth-order valence-electron chi connectivity index (χ4n) is 4.96. The number of Topliss-reactive ketones (excluding diaryl/α,β-unsaturated/α-hetero) is 1. The van der Waals surface area contributed by atoms with E-state index >= 15 is 0 Å². The molecular formula is C22H20O. The zero-order chi connectivity index (χ0) is 15.6. The standard InChI is InChI=1S/C22H20O/c1-13-12-19-21(16-8-4-5-9-17(16)22(19)23)18-11-10-14-6-2-3-7-15(14)20(13)18/h2-3,6-7,9-11,13,16H,4-5,8,12H2,1H3/t13-,16-/m0/s1. The Morgan fingerprint density at radius 3 is 2.87 bits per heavy atom. The van der Waals surface area contributed by atoms with E-state index in [-0.39, 0.29) is 0 Å². The van der Waals surface area contributed by atoms with Crippen molar-refractivity contribution in [1.82, 2.24) is 0 Å². The SMILES string of the molecule is C[C@H]1CC2=C(c3ccc4ccccc4c31)[C@H]1CCCC=C1C2=O. The Morgan fingerprint density at radius 1 is 1.09 bits per heavy atom. The number of carbonyl (C=O) groups excluding carboxylic acids is 1. The highest BCUT2D eigenvalue weighted by atomic mass is 16.1. The Kier molecular flexibility index (Phi) is 2.70. The van der Waals surface area contributed by atoms with Crippen LogP contribution in [0.2, 0.25) is 0 Å². The Balaban J connectivity index is 1.82. The van der Waals surface area contributed by atoms with Crippen LogP contribution in [0.5, 0.6) is 0 Å². The molecule has 0 bridgehead atoms. The summed E-state index contributed by atoms with van der Waals surface area (Å²) in [6, 6.07) is 13.2. The lowest BCUT2D eigenvalue weighted by Gasteiger charge is -2.28. The minimum absolute atomic E-state index is 0.343. The number of ketones is 1. The number of rotatable bonds is 0. The van der Waals surface area contributed by atoms with Crippen LogP contribution in [0, 0.1) is 5.92 Å². The first-order chi connectivity index (χ1) is 11.3. The van der Waals surface area contributed by atoms with Gasteiger partial charge in [0.2, 0.25) is 0 Å². The van der Waals surface area contributed by atoms with E-state index in [1.807, 2.05) is 0 Å². The number of hydrogen-bond donors (Lipinski definition) is 0. The molecule has 114 valence electrons. The van der Waals surface area contributed by atoms with Crippen LogP contribution < -0.4 is 0 Å². The third kappa shape index (κ3) is 1.71.